The first-order valence-electron chi connectivity index (χ1n) is 5.57. The van der Waals surface area contributed by atoms with Gasteiger partial charge in [-0.3, -0.25) is 9.36 Å². The predicted octanol–water partition coefficient (Wildman–Crippen LogP) is 1.37. The van der Waals surface area contributed by atoms with Crippen molar-refractivity contribution in [1.29, 1.82) is 0 Å². The normalized spacial score (nSPS) is 15.1. The molecule has 88 valence electrons. The van der Waals surface area contributed by atoms with Crippen molar-refractivity contribution >= 4 is 29.3 Å². The third kappa shape index (κ3) is 2.08. The minimum atomic E-state index is -0.00449. The van der Waals surface area contributed by atoms with Crippen LogP contribution in [0.1, 0.15) is 12.8 Å². The Balaban J connectivity index is 1.90. The first-order chi connectivity index (χ1) is 8.24. The van der Waals surface area contributed by atoms with Crippen molar-refractivity contribution < 1.29 is 4.79 Å². The van der Waals surface area contributed by atoms with Gasteiger partial charge in [0.05, 0.1) is 5.52 Å². The lowest BCUT2D eigenvalue weighted by Crippen LogP contribution is -2.29. The monoisotopic (exact) mass is 248 g/mol. The van der Waals surface area contributed by atoms with Gasteiger partial charge in [0.2, 0.25) is 5.91 Å². The Morgan fingerprint density at radius 1 is 1.65 bits per heavy atom. The highest BCUT2D eigenvalue weighted by Gasteiger charge is 2.23. The number of carbonyl (C=O) groups excluding carboxylic acids is 1. The molecule has 0 aromatic carbocycles. The Hall–Kier alpha value is -1.69. The van der Waals surface area contributed by atoms with E-state index >= 15 is 0 Å². The van der Waals surface area contributed by atoms with Crippen molar-refractivity contribution in [1.82, 2.24) is 19.9 Å². The summed E-state index contributed by atoms with van der Waals surface area (Å²) < 4.78 is 2.26. The van der Waals surface area contributed by atoms with E-state index in [1.54, 1.807) is 10.8 Å². The van der Waals surface area contributed by atoms with Crippen LogP contribution in [0, 0.1) is 4.77 Å². The number of hydrogen-bond acceptors (Lipinski definition) is 3. The molecule has 2 aromatic rings. The molecule has 1 amide bonds. The number of nitrogens with zero attached hydrogens (tertiary/aromatic N) is 2. The zero-order chi connectivity index (χ0) is 11.8. The molecule has 2 N–H and O–H groups in total. The number of H-pyrrole nitrogens is 1. The van der Waals surface area contributed by atoms with Crippen LogP contribution >= 0.6 is 12.2 Å². The van der Waals surface area contributed by atoms with Gasteiger partial charge in [-0.25, -0.2) is 4.98 Å². The fourth-order valence-electron chi connectivity index (χ4n) is 1.78. The number of aromatic nitrogens is 3. The summed E-state index contributed by atoms with van der Waals surface area (Å²) in [4.78, 5) is 19.0. The standard InChI is InChI=1S/C11H12N4OS/c16-9(13-7-3-4-7)6-15-10-8(14-11(15)17)2-1-5-12-10/h1-2,5,7H,3-4,6H2,(H,13,16)(H,14,17). The Kier molecular flexibility index (Phi) is 2.44. The third-order valence-corrected chi connectivity index (χ3v) is 3.10. The van der Waals surface area contributed by atoms with Crippen molar-refractivity contribution in [3.63, 3.8) is 0 Å². The Morgan fingerprint density at radius 3 is 3.24 bits per heavy atom. The highest BCUT2D eigenvalue weighted by atomic mass is 32.1. The molecule has 0 unspecified atom stereocenters. The van der Waals surface area contributed by atoms with Crippen LogP contribution in [0.3, 0.4) is 0 Å². The van der Waals surface area contributed by atoms with Gasteiger partial charge in [-0.2, -0.15) is 0 Å². The van der Waals surface area contributed by atoms with Gasteiger partial charge in [-0.15, -0.1) is 0 Å². The van der Waals surface area contributed by atoms with E-state index in [0.29, 0.717) is 10.8 Å². The molecule has 1 aliphatic carbocycles. The molecule has 0 bridgehead atoms. The van der Waals surface area contributed by atoms with Gasteiger partial charge in [-0.1, -0.05) is 0 Å². The fraction of sp³-hybridized carbons (Fsp3) is 0.364. The number of carbonyl (C=O) groups is 1. The summed E-state index contributed by atoms with van der Waals surface area (Å²) in [5.41, 5.74) is 1.58. The van der Waals surface area contributed by atoms with Gasteiger partial charge in [-0.05, 0) is 37.2 Å². The van der Waals surface area contributed by atoms with E-state index in [-0.39, 0.29) is 12.5 Å². The molecule has 0 aliphatic heterocycles. The number of nitrogens with one attached hydrogen (secondary N) is 2. The molecule has 0 saturated heterocycles. The lowest BCUT2D eigenvalue weighted by Gasteiger charge is -2.04. The minimum absolute atomic E-state index is 0.00449. The smallest absolute Gasteiger partial charge is 0.240 e. The summed E-state index contributed by atoms with van der Waals surface area (Å²) in [6.45, 7) is 0.229. The fourth-order valence-corrected chi connectivity index (χ4v) is 2.04. The SMILES string of the molecule is O=C(Cn1c(=S)[nH]c2cccnc21)NC1CC1. The molecule has 2 aromatic heterocycles. The highest BCUT2D eigenvalue weighted by molar-refractivity contribution is 7.71. The Labute approximate surface area is 103 Å². The topological polar surface area (TPSA) is 62.7 Å². The van der Waals surface area contributed by atoms with Crippen LogP contribution in [0.2, 0.25) is 0 Å². The average molecular weight is 248 g/mol. The van der Waals surface area contributed by atoms with Crippen molar-refractivity contribution in [3.05, 3.63) is 23.1 Å². The van der Waals surface area contributed by atoms with Crippen molar-refractivity contribution in [2.75, 3.05) is 0 Å². The summed E-state index contributed by atoms with van der Waals surface area (Å²) in [6.07, 6.45) is 3.87. The minimum Gasteiger partial charge on any atom is -0.352 e. The second-order valence-corrected chi connectivity index (χ2v) is 4.62. The van der Waals surface area contributed by atoms with E-state index in [2.05, 4.69) is 15.3 Å². The second-order valence-electron chi connectivity index (χ2n) is 4.23. The molecule has 0 radical (unpaired) electrons. The third-order valence-electron chi connectivity index (χ3n) is 2.77. The quantitative estimate of drug-likeness (QED) is 0.806. The summed E-state index contributed by atoms with van der Waals surface area (Å²) in [7, 11) is 0. The van der Waals surface area contributed by atoms with Crippen LogP contribution in [0.15, 0.2) is 18.3 Å². The van der Waals surface area contributed by atoms with E-state index in [1.165, 1.54) is 0 Å². The second kappa shape index (κ2) is 3.96. The van der Waals surface area contributed by atoms with Crippen LogP contribution in [0.4, 0.5) is 0 Å². The van der Waals surface area contributed by atoms with Crippen LogP contribution in [-0.2, 0) is 11.3 Å². The summed E-state index contributed by atoms with van der Waals surface area (Å²) in [6, 6.07) is 4.10. The van der Waals surface area contributed by atoms with Gasteiger partial charge in [0.15, 0.2) is 10.4 Å². The molecule has 2 heterocycles. The Bertz CT molecular complexity index is 626. The maximum Gasteiger partial charge on any atom is 0.240 e. The molecule has 17 heavy (non-hydrogen) atoms. The van der Waals surface area contributed by atoms with Gasteiger partial charge >= 0.3 is 0 Å². The van der Waals surface area contributed by atoms with Crippen LogP contribution in [-0.4, -0.2) is 26.5 Å². The largest absolute Gasteiger partial charge is 0.352 e. The van der Waals surface area contributed by atoms with Crippen LogP contribution in [0.5, 0.6) is 0 Å². The van der Waals surface area contributed by atoms with E-state index in [9.17, 15) is 4.79 Å². The summed E-state index contributed by atoms with van der Waals surface area (Å²) in [5.74, 6) is -0.00449. The molecule has 3 rings (SSSR count). The number of fused-ring (bicyclic) bond motifs is 1. The summed E-state index contributed by atoms with van der Waals surface area (Å²) >= 11 is 5.19. The molecule has 1 aliphatic rings. The molecule has 1 fully saturated rings. The van der Waals surface area contributed by atoms with Crippen LogP contribution in [0.25, 0.3) is 11.2 Å². The van der Waals surface area contributed by atoms with Crippen molar-refractivity contribution in [3.8, 4) is 0 Å². The van der Waals surface area contributed by atoms with Gasteiger partial charge < -0.3 is 10.3 Å². The molecular weight excluding hydrogens is 236 g/mol. The van der Waals surface area contributed by atoms with E-state index in [4.69, 9.17) is 12.2 Å². The highest BCUT2D eigenvalue weighted by Crippen LogP contribution is 2.18. The van der Waals surface area contributed by atoms with Gasteiger partial charge in [0.25, 0.3) is 0 Å². The number of imidazole rings is 1. The Morgan fingerprint density at radius 2 is 2.47 bits per heavy atom. The van der Waals surface area contributed by atoms with Crippen molar-refractivity contribution in [2.24, 2.45) is 0 Å². The zero-order valence-electron chi connectivity index (χ0n) is 9.14. The predicted molar refractivity (Wildman–Crippen MR) is 66.1 cm³/mol. The van der Waals surface area contributed by atoms with E-state index < -0.39 is 0 Å². The first-order valence-corrected chi connectivity index (χ1v) is 5.98. The van der Waals surface area contributed by atoms with Gasteiger partial charge in [0, 0.05) is 12.2 Å². The number of amides is 1. The molecule has 6 heteroatoms. The zero-order valence-corrected chi connectivity index (χ0v) is 9.96. The molecule has 0 atom stereocenters. The maximum atomic E-state index is 11.7. The lowest BCUT2D eigenvalue weighted by atomic mass is 10.4. The molecule has 0 spiro atoms. The molecular formula is C11H12N4OS. The van der Waals surface area contributed by atoms with Gasteiger partial charge in [0.1, 0.15) is 6.54 Å². The number of rotatable bonds is 3. The summed E-state index contributed by atoms with van der Waals surface area (Å²) in [5, 5.41) is 2.94. The van der Waals surface area contributed by atoms with E-state index in [1.807, 2.05) is 12.1 Å². The number of pyridine rings is 1. The maximum absolute atomic E-state index is 11.7. The lowest BCUT2D eigenvalue weighted by molar-refractivity contribution is -0.121. The number of hydrogen-bond donors (Lipinski definition) is 2. The average Bonchev–Trinajstić information content (AvgIpc) is 3.05. The molecule has 5 nitrogen and oxygen atoms in total. The van der Waals surface area contributed by atoms with Crippen molar-refractivity contribution in [2.45, 2.75) is 25.4 Å². The first kappa shape index (κ1) is 10.5. The number of aromatic amines is 1. The molecule has 1 saturated carbocycles. The van der Waals surface area contributed by atoms with Crippen LogP contribution < -0.4 is 5.32 Å². The van der Waals surface area contributed by atoms with E-state index in [0.717, 1.165) is 24.0 Å².